The zero-order valence-electron chi connectivity index (χ0n) is 15.2. The third-order valence-corrected chi connectivity index (χ3v) is 4.35. The Bertz CT molecular complexity index is 1040. The highest BCUT2D eigenvalue weighted by Crippen LogP contribution is 2.14. The van der Waals surface area contributed by atoms with Crippen molar-refractivity contribution in [2.24, 2.45) is 0 Å². The molecule has 0 aliphatic rings. The van der Waals surface area contributed by atoms with E-state index in [9.17, 15) is 4.79 Å². The maximum absolute atomic E-state index is 12.4. The number of aromatic nitrogens is 2. The molecule has 0 fully saturated rings. The number of nitrogens with one attached hydrogen (secondary N) is 1. The average Bonchev–Trinajstić information content (AvgIpc) is 3.17. The van der Waals surface area contributed by atoms with E-state index in [1.54, 1.807) is 12.1 Å². The van der Waals surface area contributed by atoms with Crippen LogP contribution in [0.1, 0.15) is 32.9 Å². The summed E-state index contributed by atoms with van der Waals surface area (Å²) in [5, 5.41) is 10.5. The maximum atomic E-state index is 12.4. The lowest BCUT2D eigenvalue weighted by Crippen LogP contribution is -2.12. The summed E-state index contributed by atoms with van der Waals surface area (Å²) in [4.78, 5) is 12.4. The Balaban J connectivity index is 1.37. The zero-order valence-corrected chi connectivity index (χ0v) is 15.2. The van der Waals surface area contributed by atoms with Crippen LogP contribution in [0, 0.1) is 0 Å². The molecule has 138 valence electrons. The molecule has 1 heterocycles. The van der Waals surface area contributed by atoms with Crippen LogP contribution >= 0.6 is 0 Å². The lowest BCUT2D eigenvalue weighted by atomic mass is 10.0. The number of carbonyl (C=O) groups is 1. The Morgan fingerprint density at radius 3 is 1.93 bits per heavy atom. The van der Waals surface area contributed by atoms with Crippen molar-refractivity contribution in [2.75, 3.05) is 5.32 Å². The normalized spacial score (nSPS) is 10.6. The van der Waals surface area contributed by atoms with E-state index in [1.807, 2.05) is 60.7 Å². The highest BCUT2D eigenvalue weighted by atomic mass is 16.4. The van der Waals surface area contributed by atoms with E-state index in [2.05, 4.69) is 27.6 Å². The molecule has 4 aromatic rings. The number of nitrogens with zero attached hydrogens (tertiary/aromatic N) is 2. The first kappa shape index (κ1) is 17.7. The van der Waals surface area contributed by atoms with Crippen LogP contribution in [-0.2, 0) is 12.8 Å². The van der Waals surface area contributed by atoms with Crippen LogP contribution in [0.2, 0.25) is 0 Å². The molecule has 0 aliphatic heterocycles. The molecule has 0 aliphatic carbocycles. The van der Waals surface area contributed by atoms with Crippen LogP contribution in [0.15, 0.2) is 89.3 Å². The molecule has 28 heavy (non-hydrogen) atoms. The summed E-state index contributed by atoms with van der Waals surface area (Å²) in [5.74, 6) is 0.181. The van der Waals surface area contributed by atoms with Gasteiger partial charge in [-0.1, -0.05) is 77.9 Å². The molecule has 0 unspecified atom stereocenters. The first-order chi connectivity index (χ1) is 13.8. The van der Waals surface area contributed by atoms with Gasteiger partial charge in [-0.05, 0) is 35.2 Å². The number of rotatable bonds is 6. The van der Waals surface area contributed by atoms with Crippen LogP contribution in [0.4, 0.5) is 6.01 Å². The molecule has 0 bridgehead atoms. The maximum Gasteiger partial charge on any atom is 0.322 e. The van der Waals surface area contributed by atoms with E-state index < -0.39 is 0 Å². The number of anilines is 1. The summed E-state index contributed by atoms with van der Waals surface area (Å²) in [7, 11) is 0. The highest BCUT2D eigenvalue weighted by molar-refractivity contribution is 6.03. The van der Waals surface area contributed by atoms with E-state index in [4.69, 9.17) is 4.42 Å². The minimum Gasteiger partial charge on any atom is -0.407 e. The van der Waals surface area contributed by atoms with Crippen molar-refractivity contribution < 1.29 is 9.21 Å². The van der Waals surface area contributed by atoms with Gasteiger partial charge in [0, 0.05) is 5.56 Å². The molecule has 0 radical (unpaired) electrons. The summed E-state index contributed by atoms with van der Waals surface area (Å²) in [5.41, 5.74) is 3.99. The number of amides is 1. The predicted octanol–water partition coefficient (Wildman–Crippen LogP) is 4.50. The fourth-order valence-electron chi connectivity index (χ4n) is 2.92. The topological polar surface area (TPSA) is 68.0 Å². The third-order valence-electron chi connectivity index (χ3n) is 4.35. The average molecular weight is 369 g/mol. The first-order valence-corrected chi connectivity index (χ1v) is 9.07. The molecule has 5 heteroatoms. The fourth-order valence-corrected chi connectivity index (χ4v) is 2.92. The molecule has 0 saturated carbocycles. The van der Waals surface area contributed by atoms with Gasteiger partial charge in [-0.3, -0.25) is 10.1 Å². The smallest absolute Gasteiger partial charge is 0.322 e. The second-order valence-electron chi connectivity index (χ2n) is 6.48. The molecular weight excluding hydrogens is 350 g/mol. The number of benzene rings is 3. The van der Waals surface area contributed by atoms with E-state index in [-0.39, 0.29) is 11.9 Å². The van der Waals surface area contributed by atoms with Crippen molar-refractivity contribution in [3.8, 4) is 0 Å². The minimum atomic E-state index is -0.277. The van der Waals surface area contributed by atoms with Crippen LogP contribution in [0.5, 0.6) is 0 Å². The molecule has 0 atom stereocenters. The van der Waals surface area contributed by atoms with E-state index in [0.29, 0.717) is 17.9 Å². The summed E-state index contributed by atoms with van der Waals surface area (Å²) in [6.45, 7) is 0. The molecule has 0 spiro atoms. The van der Waals surface area contributed by atoms with Crippen molar-refractivity contribution in [3.05, 3.63) is 113 Å². The Labute approximate surface area is 163 Å². The molecule has 1 amide bonds. The molecule has 1 aromatic heterocycles. The van der Waals surface area contributed by atoms with Gasteiger partial charge in [-0.2, -0.15) is 0 Å². The van der Waals surface area contributed by atoms with E-state index in [1.165, 1.54) is 5.56 Å². The molecule has 1 N–H and O–H groups in total. The van der Waals surface area contributed by atoms with Gasteiger partial charge >= 0.3 is 6.01 Å². The SMILES string of the molecule is O=C(Nc1nnc(Cc2ccccc2)o1)c1ccc(Cc2ccccc2)cc1. The largest absolute Gasteiger partial charge is 0.407 e. The zero-order chi connectivity index (χ0) is 19.2. The molecule has 0 saturated heterocycles. The van der Waals surface area contributed by atoms with Crippen LogP contribution in [-0.4, -0.2) is 16.1 Å². The highest BCUT2D eigenvalue weighted by Gasteiger charge is 2.12. The minimum absolute atomic E-state index is 0.101. The summed E-state index contributed by atoms with van der Waals surface area (Å²) in [6, 6.07) is 27.7. The quantitative estimate of drug-likeness (QED) is 0.543. The van der Waals surface area contributed by atoms with Crippen LogP contribution < -0.4 is 5.32 Å². The molecule has 5 nitrogen and oxygen atoms in total. The Morgan fingerprint density at radius 1 is 0.714 bits per heavy atom. The number of carbonyl (C=O) groups excluding carboxylic acids is 1. The number of hydrogen-bond acceptors (Lipinski definition) is 4. The molecule has 3 aromatic carbocycles. The second-order valence-corrected chi connectivity index (χ2v) is 6.48. The van der Waals surface area contributed by atoms with Gasteiger partial charge in [0.05, 0.1) is 6.42 Å². The molecule has 4 rings (SSSR count). The summed E-state index contributed by atoms with van der Waals surface area (Å²) >= 11 is 0. The van der Waals surface area contributed by atoms with Crippen molar-refractivity contribution in [2.45, 2.75) is 12.8 Å². The Kier molecular flexibility index (Phi) is 5.24. The van der Waals surface area contributed by atoms with Crippen molar-refractivity contribution in [1.82, 2.24) is 10.2 Å². The van der Waals surface area contributed by atoms with E-state index in [0.717, 1.165) is 17.5 Å². The predicted molar refractivity (Wildman–Crippen MR) is 107 cm³/mol. The van der Waals surface area contributed by atoms with E-state index >= 15 is 0 Å². The van der Waals surface area contributed by atoms with Gasteiger partial charge in [0.2, 0.25) is 5.89 Å². The van der Waals surface area contributed by atoms with Gasteiger partial charge in [-0.15, -0.1) is 5.10 Å². The standard InChI is InChI=1S/C23H19N3O2/c27-22(20-13-11-19(12-14-20)15-17-7-3-1-4-8-17)24-23-26-25-21(28-23)16-18-9-5-2-6-10-18/h1-14H,15-16H2,(H,24,26,27). The van der Waals surface area contributed by atoms with Gasteiger partial charge in [0.15, 0.2) is 0 Å². The van der Waals surface area contributed by atoms with Crippen LogP contribution in [0.25, 0.3) is 0 Å². The Morgan fingerprint density at radius 2 is 1.29 bits per heavy atom. The summed E-state index contributed by atoms with van der Waals surface area (Å²) in [6.07, 6.45) is 1.35. The number of hydrogen-bond donors (Lipinski definition) is 1. The Hall–Kier alpha value is -3.73. The second kappa shape index (κ2) is 8.31. The lowest BCUT2D eigenvalue weighted by molar-refractivity contribution is 0.102. The van der Waals surface area contributed by atoms with Gasteiger partial charge in [-0.25, -0.2) is 0 Å². The monoisotopic (exact) mass is 369 g/mol. The van der Waals surface area contributed by atoms with Crippen molar-refractivity contribution >= 4 is 11.9 Å². The van der Waals surface area contributed by atoms with Crippen LogP contribution in [0.3, 0.4) is 0 Å². The first-order valence-electron chi connectivity index (χ1n) is 9.07. The summed E-state index contributed by atoms with van der Waals surface area (Å²) < 4.78 is 5.53. The lowest BCUT2D eigenvalue weighted by Gasteiger charge is -2.04. The third kappa shape index (κ3) is 4.51. The van der Waals surface area contributed by atoms with Gasteiger partial charge < -0.3 is 4.42 Å². The fraction of sp³-hybridized carbons (Fsp3) is 0.0870. The van der Waals surface area contributed by atoms with Gasteiger partial charge in [0.1, 0.15) is 0 Å². The molecular formula is C23H19N3O2. The van der Waals surface area contributed by atoms with Crippen molar-refractivity contribution in [1.29, 1.82) is 0 Å². The van der Waals surface area contributed by atoms with Gasteiger partial charge in [0.25, 0.3) is 5.91 Å². The van der Waals surface area contributed by atoms with Crippen molar-refractivity contribution in [3.63, 3.8) is 0 Å².